The Hall–Kier alpha value is -3.21. The number of aromatic nitrogens is 3. The fraction of sp³-hybridized carbons (Fsp3) is 0.154. The maximum atomic E-state index is 11.9. The Balaban J connectivity index is 2.04. The van der Waals surface area contributed by atoms with Gasteiger partial charge in [-0.2, -0.15) is 5.26 Å². The number of nitrogens with one attached hydrogen (secondary N) is 1. The average Bonchev–Trinajstić information content (AvgIpc) is 2.95. The highest BCUT2D eigenvalue weighted by molar-refractivity contribution is 5.92. The first kappa shape index (κ1) is 14.2. The molecule has 21 heavy (non-hydrogen) atoms. The van der Waals surface area contributed by atoms with Crippen molar-refractivity contribution in [2.45, 2.75) is 6.54 Å². The molecule has 0 bridgehead atoms. The standard InChI is InChI=1S/C13H11N5O3/c1-21-13(20)12-15-8-18(17-12)7-11(19)16-10-5-3-2-4-9(10)6-14/h2-5,8H,7H2,1H3,(H,16,19). The molecule has 1 aromatic carbocycles. The minimum Gasteiger partial charge on any atom is -0.463 e. The summed E-state index contributed by atoms with van der Waals surface area (Å²) in [5.41, 5.74) is 0.776. The van der Waals surface area contributed by atoms with E-state index >= 15 is 0 Å². The second-order valence-electron chi connectivity index (χ2n) is 3.96. The predicted molar refractivity (Wildman–Crippen MR) is 71.1 cm³/mol. The molecular weight excluding hydrogens is 274 g/mol. The number of hydrogen-bond donors (Lipinski definition) is 1. The first-order valence-electron chi connectivity index (χ1n) is 5.90. The van der Waals surface area contributed by atoms with Gasteiger partial charge in [0.15, 0.2) is 0 Å². The molecule has 1 aromatic heterocycles. The molecule has 0 spiro atoms. The average molecular weight is 285 g/mol. The van der Waals surface area contributed by atoms with Crippen molar-refractivity contribution in [1.29, 1.82) is 5.26 Å². The van der Waals surface area contributed by atoms with Crippen LogP contribution in [0.25, 0.3) is 0 Å². The number of carbonyl (C=O) groups excluding carboxylic acids is 2. The summed E-state index contributed by atoms with van der Waals surface area (Å²) in [6, 6.07) is 8.61. The largest absolute Gasteiger partial charge is 0.463 e. The lowest BCUT2D eigenvalue weighted by Crippen LogP contribution is -2.20. The topological polar surface area (TPSA) is 110 Å². The number of ether oxygens (including phenoxy) is 1. The molecule has 8 nitrogen and oxygen atoms in total. The van der Waals surface area contributed by atoms with Gasteiger partial charge in [0.2, 0.25) is 5.91 Å². The quantitative estimate of drug-likeness (QED) is 0.822. The highest BCUT2D eigenvalue weighted by atomic mass is 16.5. The summed E-state index contributed by atoms with van der Waals surface area (Å²) in [7, 11) is 1.22. The van der Waals surface area contributed by atoms with Crippen molar-refractivity contribution in [3.05, 3.63) is 42.0 Å². The van der Waals surface area contributed by atoms with E-state index in [0.29, 0.717) is 11.3 Å². The zero-order valence-electron chi connectivity index (χ0n) is 11.1. The number of rotatable bonds is 4. The van der Waals surface area contributed by atoms with Crippen LogP contribution in [0, 0.1) is 11.3 Å². The third-order valence-corrected chi connectivity index (χ3v) is 2.53. The molecule has 1 N–H and O–H groups in total. The van der Waals surface area contributed by atoms with Crippen LogP contribution < -0.4 is 5.32 Å². The van der Waals surface area contributed by atoms with Gasteiger partial charge in [-0.25, -0.2) is 14.5 Å². The van der Waals surface area contributed by atoms with Gasteiger partial charge in [0.25, 0.3) is 5.82 Å². The minimum atomic E-state index is -0.677. The molecule has 0 atom stereocenters. The number of carbonyl (C=O) groups is 2. The monoisotopic (exact) mass is 285 g/mol. The first-order valence-corrected chi connectivity index (χ1v) is 5.90. The number of amides is 1. The van der Waals surface area contributed by atoms with Crippen LogP contribution in [0.4, 0.5) is 5.69 Å². The Labute approximate surface area is 120 Å². The number of nitriles is 1. The van der Waals surface area contributed by atoms with Crippen LogP contribution in [0.15, 0.2) is 30.6 Å². The first-order chi connectivity index (χ1) is 10.1. The van der Waals surface area contributed by atoms with Gasteiger partial charge in [-0.3, -0.25) is 4.79 Å². The van der Waals surface area contributed by atoms with E-state index < -0.39 is 5.97 Å². The van der Waals surface area contributed by atoms with E-state index in [1.54, 1.807) is 24.3 Å². The van der Waals surface area contributed by atoms with Crippen molar-refractivity contribution < 1.29 is 14.3 Å². The lowest BCUT2D eigenvalue weighted by Gasteiger charge is -2.06. The van der Waals surface area contributed by atoms with E-state index in [1.165, 1.54) is 18.1 Å². The number of hydrogen-bond acceptors (Lipinski definition) is 6. The summed E-state index contributed by atoms with van der Waals surface area (Å²) >= 11 is 0. The van der Waals surface area contributed by atoms with Gasteiger partial charge >= 0.3 is 5.97 Å². The van der Waals surface area contributed by atoms with E-state index in [2.05, 4.69) is 20.1 Å². The fourth-order valence-electron chi connectivity index (χ4n) is 1.58. The third-order valence-electron chi connectivity index (χ3n) is 2.53. The second kappa shape index (κ2) is 6.29. The number of para-hydroxylation sites is 1. The lowest BCUT2D eigenvalue weighted by atomic mass is 10.2. The summed E-state index contributed by atoms with van der Waals surface area (Å²) < 4.78 is 5.67. The molecule has 106 valence electrons. The molecule has 1 amide bonds. The number of nitrogens with zero attached hydrogens (tertiary/aromatic N) is 4. The lowest BCUT2D eigenvalue weighted by molar-refractivity contribution is -0.116. The molecule has 0 aliphatic carbocycles. The highest BCUT2D eigenvalue weighted by Gasteiger charge is 2.13. The van der Waals surface area contributed by atoms with Gasteiger partial charge in [0.1, 0.15) is 18.9 Å². The van der Waals surface area contributed by atoms with Crippen molar-refractivity contribution in [2.24, 2.45) is 0 Å². The van der Waals surface area contributed by atoms with E-state index in [9.17, 15) is 9.59 Å². The molecule has 1 heterocycles. The van der Waals surface area contributed by atoms with Crippen LogP contribution in [-0.2, 0) is 16.1 Å². The smallest absolute Gasteiger partial charge is 0.377 e. The van der Waals surface area contributed by atoms with Crippen LogP contribution in [-0.4, -0.2) is 33.8 Å². The van der Waals surface area contributed by atoms with Gasteiger partial charge in [-0.1, -0.05) is 12.1 Å². The minimum absolute atomic E-state index is 0.122. The molecule has 2 aromatic rings. The molecular formula is C13H11N5O3. The van der Waals surface area contributed by atoms with Crippen LogP contribution in [0.5, 0.6) is 0 Å². The van der Waals surface area contributed by atoms with Gasteiger partial charge < -0.3 is 10.1 Å². The predicted octanol–water partition coefficient (Wildman–Crippen LogP) is 0.575. The molecule has 0 radical (unpaired) electrons. The molecule has 0 saturated carbocycles. The Morgan fingerprint density at radius 3 is 2.90 bits per heavy atom. The van der Waals surface area contributed by atoms with Gasteiger partial charge in [0, 0.05) is 0 Å². The van der Waals surface area contributed by atoms with Crippen molar-refractivity contribution in [2.75, 3.05) is 12.4 Å². The normalized spacial score (nSPS) is 9.71. The number of methoxy groups -OCH3 is 1. The van der Waals surface area contributed by atoms with Crippen LogP contribution in [0.1, 0.15) is 16.2 Å². The van der Waals surface area contributed by atoms with E-state index in [-0.39, 0.29) is 18.3 Å². The molecule has 0 saturated heterocycles. The Morgan fingerprint density at radius 2 is 2.19 bits per heavy atom. The number of anilines is 1. The van der Waals surface area contributed by atoms with Crippen LogP contribution in [0.2, 0.25) is 0 Å². The van der Waals surface area contributed by atoms with Crippen molar-refractivity contribution >= 4 is 17.6 Å². The summed E-state index contributed by atoms with van der Waals surface area (Å²) in [6.45, 7) is -0.135. The van der Waals surface area contributed by atoms with Crippen LogP contribution in [0.3, 0.4) is 0 Å². The molecule has 8 heteroatoms. The molecule has 0 aliphatic rings. The third kappa shape index (κ3) is 3.42. The molecule has 0 unspecified atom stereocenters. The zero-order chi connectivity index (χ0) is 15.2. The summed E-state index contributed by atoms with van der Waals surface area (Å²) in [4.78, 5) is 26.8. The molecule has 2 rings (SSSR count). The summed E-state index contributed by atoms with van der Waals surface area (Å²) in [5, 5.41) is 15.3. The van der Waals surface area contributed by atoms with E-state index in [0.717, 1.165) is 0 Å². The van der Waals surface area contributed by atoms with Crippen LogP contribution >= 0.6 is 0 Å². The van der Waals surface area contributed by atoms with Crippen molar-refractivity contribution in [3.63, 3.8) is 0 Å². The molecule has 0 fully saturated rings. The summed E-state index contributed by atoms with van der Waals surface area (Å²) in [5.74, 6) is -1.19. The molecule has 0 aliphatic heterocycles. The SMILES string of the molecule is COC(=O)c1ncn(CC(=O)Nc2ccccc2C#N)n1. The zero-order valence-corrected chi connectivity index (χ0v) is 11.1. The maximum Gasteiger partial charge on any atom is 0.377 e. The second-order valence-corrected chi connectivity index (χ2v) is 3.96. The maximum absolute atomic E-state index is 11.9. The van der Waals surface area contributed by atoms with Gasteiger partial charge in [0.05, 0.1) is 18.4 Å². The Morgan fingerprint density at radius 1 is 1.43 bits per heavy atom. The van der Waals surface area contributed by atoms with Gasteiger partial charge in [-0.05, 0) is 12.1 Å². The highest BCUT2D eigenvalue weighted by Crippen LogP contribution is 2.13. The Kier molecular flexibility index (Phi) is 4.26. The van der Waals surface area contributed by atoms with Crippen molar-refractivity contribution in [3.8, 4) is 6.07 Å². The Bertz CT molecular complexity index is 717. The van der Waals surface area contributed by atoms with E-state index in [4.69, 9.17) is 5.26 Å². The van der Waals surface area contributed by atoms with Gasteiger partial charge in [-0.15, -0.1) is 5.10 Å². The van der Waals surface area contributed by atoms with Crippen molar-refractivity contribution in [1.82, 2.24) is 14.8 Å². The van der Waals surface area contributed by atoms with E-state index in [1.807, 2.05) is 6.07 Å². The number of esters is 1. The fourth-order valence-corrected chi connectivity index (χ4v) is 1.58. The summed E-state index contributed by atoms with van der Waals surface area (Å²) in [6.07, 6.45) is 1.25. The number of benzene rings is 1.